The van der Waals surface area contributed by atoms with Crippen molar-refractivity contribution < 1.29 is 0 Å². The fourth-order valence-electron chi connectivity index (χ4n) is 2.12. The molecule has 0 unspecified atom stereocenters. The minimum atomic E-state index is 0.888. The summed E-state index contributed by atoms with van der Waals surface area (Å²) in [5, 5.41) is 0.888. The number of fused-ring (bicyclic) bond motifs is 1. The topological polar surface area (TPSA) is 31.9 Å². The normalized spacial score (nSPS) is 11.0. The summed E-state index contributed by atoms with van der Waals surface area (Å²) in [6, 6.07) is 8.08. The van der Waals surface area contributed by atoms with E-state index in [1.165, 1.54) is 25.7 Å². The van der Waals surface area contributed by atoms with Gasteiger partial charge in [-0.25, -0.2) is 4.98 Å². The Hall–Kier alpha value is -1.07. The van der Waals surface area contributed by atoms with Crippen molar-refractivity contribution in [1.29, 1.82) is 0 Å². The predicted molar refractivity (Wildman–Crippen MR) is 95.9 cm³/mol. The second-order valence-corrected chi connectivity index (χ2v) is 6.74. The maximum atomic E-state index is 5.62. The Balaban J connectivity index is 2.02. The molecule has 0 aliphatic heterocycles. The second-order valence-electron chi connectivity index (χ2n) is 5.12. The molecule has 5 heteroatoms. The molecule has 2 aromatic rings. The Morgan fingerprint density at radius 3 is 2.48 bits per heavy atom. The third-order valence-electron chi connectivity index (χ3n) is 3.37. The van der Waals surface area contributed by atoms with Crippen molar-refractivity contribution in [2.75, 3.05) is 13.1 Å². The van der Waals surface area contributed by atoms with E-state index in [-0.39, 0.29) is 0 Å². The molecule has 0 fully saturated rings. The molecule has 0 radical (unpaired) electrons. The number of nitrogens with one attached hydrogen (secondary N) is 1. The van der Waals surface area contributed by atoms with Gasteiger partial charge in [0, 0.05) is 13.1 Å². The Morgan fingerprint density at radius 2 is 1.86 bits per heavy atom. The molecule has 114 valence electrons. The SMILES string of the molecule is CCCCN(CCCC)C(=S)Sc1nc2ccccc2[nH]1. The smallest absolute Gasteiger partial charge is 0.173 e. The lowest BCUT2D eigenvalue weighted by Crippen LogP contribution is -2.29. The highest BCUT2D eigenvalue weighted by molar-refractivity contribution is 8.22. The van der Waals surface area contributed by atoms with E-state index in [4.69, 9.17) is 12.2 Å². The highest BCUT2D eigenvalue weighted by atomic mass is 32.2. The zero-order chi connectivity index (χ0) is 15.1. The average molecular weight is 322 g/mol. The zero-order valence-corrected chi connectivity index (χ0v) is 14.4. The highest BCUT2D eigenvalue weighted by Crippen LogP contribution is 2.22. The maximum Gasteiger partial charge on any atom is 0.173 e. The van der Waals surface area contributed by atoms with Gasteiger partial charge in [-0.05, 0) is 36.7 Å². The Kier molecular flexibility index (Phi) is 6.51. The molecule has 1 aromatic heterocycles. The van der Waals surface area contributed by atoms with Gasteiger partial charge < -0.3 is 9.88 Å². The molecule has 21 heavy (non-hydrogen) atoms. The van der Waals surface area contributed by atoms with Crippen molar-refractivity contribution >= 4 is 39.3 Å². The van der Waals surface area contributed by atoms with Crippen LogP contribution in [0.25, 0.3) is 11.0 Å². The number of thioether (sulfide) groups is 1. The van der Waals surface area contributed by atoms with Gasteiger partial charge in [0.05, 0.1) is 11.0 Å². The lowest BCUT2D eigenvalue weighted by Gasteiger charge is -2.23. The number of para-hydroxylation sites is 2. The predicted octanol–water partition coefficient (Wildman–Crippen LogP) is 4.84. The van der Waals surface area contributed by atoms with E-state index in [0.717, 1.165) is 33.6 Å². The van der Waals surface area contributed by atoms with Crippen LogP contribution in [0.15, 0.2) is 29.4 Å². The van der Waals surface area contributed by atoms with E-state index in [2.05, 4.69) is 28.7 Å². The number of aromatic nitrogens is 2. The molecule has 0 bridgehead atoms. The standard InChI is InChI=1S/C16H23N3S2/c1-3-5-11-19(12-6-4-2)16(20)21-15-17-13-9-7-8-10-14(13)18-15/h7-10H,3-6,11-12H2,1-2H3,(H,17,18). The van der Waals surface area contributed by atoms with E-state index in [1.807, 2.05) is 24.3 Å². The van der Waals surface area contributed by atoms with E-state index in [9.17, 15) is 0 Å². The first kappa shape index (κ1) is 16.3. The summed E-state index contributed by atoms with van der Waals surface area (Å²) >= 11 is 7.19. The molecule has 0 aliphatic carbocycles. The van der Waals surface area contributed by atoms with Crippen molar-refractivity contribution in [1.82, 2.24) is 14.9 Å². The quantitative estimate of drug-likeness (QED) is 0.584. The molecule has 1 heterocycles. The number of thiocarbonyl (C=S) groups is 1. The van der Waals surface area contributed by atoms with Gasteiger partial charge in [-0.3, -0.25) is 0 Å². The van der Waals surface area contributed by atoms with Gasteiger partial charge in [0.15, 0.2) is 5.16 Å². The summed E-state index contributed by atoms with van der Waals surface area (Å²) < 4.78 is 0.927. The molecule has 0 saturated heterocycles. The first-order valence-electron chi connectivity index (χ1n) is 7.66. The largest absolute Gasteiger partial charge is 0.357 e. The van der Waals surface area contributed by atoms with Crippen molar-refractivity contribution in [2.45, 2.75) is 44.7 Å². The second kappa shape index (κ2) is 8.39. The van der Waals surface area contributed by atoms with Crippen LogP contribution in [0.5, 0.6) is 0 Å². The molecule has 1 aromatic carbocycles. The third kappa shape index (κ3) is 4.71. The molecule has 1 N–H and O–H groups in total. The van der Waals surface area contributed by atoms with Crippen LogP contribution in [0.2, 0.25) is 0 Å². The van der Waals surface area contributed by atoms with Crippen LogP contribution in [0.1, 0.15) is 39.5 Å². The molecular weight excluding hydrogens is 298 g/mol. The Labute approximate surface area is 136 Å². The number of imidazole rings is 1. The summed E-state index contributed by atoms with van der Waals surface area (Å²) in [6.45, 7) is 6.52. The van der Waals surface area contributed by atoms with Crippen LogP contribution in [-0.2, 0) is 0 Å². The van der Waals surface area contributed by atoms with Crippen LogP contribution in [0, 0.1) is 0 Å². The van der Waals surface area contributed by atoms with Gasteiger partial charge in [0.1, 0.15) is 4.32 Å². The molecule has 0 atom stereocenters. The fourth-order valence-corrected chi connectivity index (χ4v) is 3.32. The number of H-pyrrole nitrogens is 1. The van der Waals surface area contributed by atoms with Gasteiger partial charge in [0.2, 0.25) is 0 Å². The number of rotatable bonds is 7. The number of unbranched alkanes of at least 4 members (excludes halogenated alkanes) is 2. The first-order chi connectivity index (χ1) is 10.2. The van der Waals surface area contributed by atoms with Crippen LogP contribution in [-0.4, -0.2) is 32.3 Å². The zero-order valence-electron chi connectivity index (χ0n) is 12.8. The number of hydrogen-bond donors (Lipinski definition) is 1. The van der Waals surface area contributed by atoms with Crippen molar-refractivity contribution in [3.63, 3.8) is 0 Å². The van der Waals surface area contributed by atoms with E-state index in [1.54, 1.807) is 11.8 Å². The third-order valence-corrected chi connectivity index (χ3v) is 4.70. The lowest BCUT2D eigenvalue weighted by molar-refractivity contribution is 0.410. The molecular formula is C16H23N3S2. The van der Waals surface area contributed by atoms with E-state index >= 15 is 0 Å². The number of benzene rings is 1. The van der Waals surface area contributed by atoms with Crippen LogP contribution in [0.3, 0.4) is 0 Å². The lowest BCUT2D eigenvalue weighted by atomic mass is 10.3. The summed E-state index contributed by atoms with van der Waals surface area (Å²) in [5.41, 5.74) is 2.06. The summed E-state index contributed by atoms with van der Waals surface area (Å²) in [7, 11) is 0. The minimum absolute atomic E-state index is 0.888. The summed E-state index contributed by atoms with van der Waals surface area (Å²) in [6.07, 6.45) is 4.76. The molecule has 2 rings (SSSR count). The van der Waals surface area contributed by atoms with Gasteiger partial charge in [-0.2, -0.15) is 0 Å². The molecule has 0 aliphatic rings. The van der Waals surface area contributed by atoms with Gasteiger partial charge in [0.25, 0.3) is 0 Å². The van der Waals surface area contributed by atoms with Gasteiger partial charge in [-0.1, -0.05) is 51.0 Å². The molecule has 3 nitrogen and oxygen atoms in total. The highest BCUT2D eigenvalue weighted by Gasteiger charge is 2.12. The summed E-state index contributed by atoms with van der Waals surface area (Å²) in [5.74, 6) is 0. The van der Waals surface area contributed by atoms with Crippen LogP contribution >= 0.6 is 24.0 Å². The van der Waals surface area contributed by atoms with Gasteiger partial charge >= 0.3 is 0 Å². The first-order valence-corrected chi connectivity index (χ1v) is 8.88. The average Bonchev–Trinajstić information content (AvgIpc) is 2.89. The van der Waals surface area contributed by atoms with Crippen LogP contribution < -0.4 is 0 Å². The fraction of sp³-hybridized carbons (Fsp3) is 0.500. The number of nitrogens with zero attached hydrogens (tertiary/aromatic N) is 2. The number of aromatic amines is 1. The van der Waals surface area contributed by atoms with Crippen molar-refractivity contribution in [3.8, 4) is 0 Å². The van der Waals surface area contributed by atoms with Crippen molar-refractivity contribution in [3.05, 3.63) is 24.3 Å². The van der Waals surface area contributed by atoms with Crippen LogP contribution in [0.4, 0.5) is 0 Å². The minimum Gasteiger partial charge on any atom is -0.357 e. The van der Waals surface area contributed by atoms with Crippen molar-refractivity contribution in [2.24, 2.45) is 0 Å². The summed E-state index contributed by atoms with van der Waals surface area (Å²) in [4.78, 5) is 10.2. The molecule has 0 saturated carbocycles. The Morgan fingerprint density at radius 1 is 1.19 bits per heavy atom. The maximum absolute atomic E-state index is 5.62. The number of hydrogen-bond acceptors (Lipinski definition) is 3. The Bertz CT molecular complexity index is 539. The van der Waals surface area contributed by atoms with E-state index < -0.39 is 0 Å². The van der Waals surface area contributed by atoms with E-state index in [0.29, 0.717) is 0 Å². The molecule has 0 amide bonds. The monoisotopic (exact) mass is 321 g/mol. The van der Waals surface area contributed by atoms with Gasteiger partial charge in [-0.15, -0.1) is 0 Å². The molecule has 0 spiro atoms.